The number of carbonyl (C=O) groups is 1. The summed E-state index contributed by atoms with van der Waals surface area (Å²) < 4.78 is 2.01. The highest BCUT2D eigenvalue weighted by Gasteiger charge is 2.15. The van der Waals surface area contributed by atoms with E-state index in [2.05, 4.69) is 31.0 Å². The predicted octanol–water partition coefficient (Wildman–Crippen LogP) is 4.29. The van der Waals surface area contributed by atoms with E-state index in [0.29, 0.717) is 13.0 Å². The van der Waals surface area contributed by atoms with Crippen molar-refractivity contribution < 1.29 is 4.79 Å². The van der Waals surface area contributed by atoms with E-state index in [0.717, 1.165) is 22.8 Å². The van der Waals surface area contributed by atoms with Crippen molar-refractivity contribution in [3.8, 4) is 0 Å². The molecule has 118 valence electrons. The van der Waals surface area contributed by atoms with Gasteiger partial charge in [0.1, 0.15) is 5.01 Å². The van der Waals surface area contributed by atoms with Crippen molar-refractivity contribution in [2.45, 2.75) is 33.2 Å². The summed E-state index contributed by atoms with van der Waals surface area (Å²) in [5, 5.41) is 0.914. The van der Waals surface area contributed by atoms with E-state index in [1.54, 1.807) is 11.3 Å². The number of nitrogens with zero attached hydrogens (tertiary/aromatic N) is 2. The molecule has 0 spiro atoms. The average Bonchev–Trinajstić information content (AvgIpc) is 3.14. The normalized spacial score (nSPS) is 10.9. The highest BCUT2D eigenvalue weighted by molar-refractivity contribution is 7.11. The molecular weight excluding hydrogens is 304 g/mol. The van der Waals surface area contributed by atoms with Gasteiger partial charge >= 0.3 is 0 Å². The minimum atomic E-state index is 0.127. The first-order valence-corrected chi connectivity index (χ1v) is 8.66. The summed E-state index contributed by atoms with van der Waals surface area (Å²) in [7, 11) is 0. The van der Waals surface area contributed by atoms with Crippen molar-refractivity contribution in [1.82, 2.24) is 9.55 Å². The fourth-order valence-electron chi connectivity index (χ4n) is 2.70. The number of carbonyl (C=O) groups excluding carboxylic acids is 1. The number of ketones is 1. The lowest BCUT2D eigenvalue weighted by Crippen LogP contribution is -2.11. The van der Waals surface area contributed by atoms with Gasteiger partial charge in [0, 0.05) is 17.6 Å². The van der Waals surface area contributed by atoms with Gasteiger partial charge in [0.05, 0.1) is 17.8 Å². The zero-order valence-corrected chi connectivity index (χ0v) is 14.3. The highest BCUT2D eigenvalue weighted by Crippen LogP contribution is 2.20. The van der Waals surface area contributed by atoms with Gasteiger partial charge in [-0.3, -0.25) is 4.79 Å². The molecule has 3 nitrogen and oxygen atoms in total. The number of benzene rings is 1. The Labute approximate surface area is 140 Å². The Morgan fingerprint density at radius 1 is 1.17 bits per heavy atom. The van der Waals surface area contributed by atoms with Crippen molar-refractivity contribution >= 4 is 17.1 Å². The van der Waals surface area contributed by atoms with E-state index >= 15 is 0 Å². The molecule has 0 unspecified atom stereocenters. The van der Waals surface area contributed by atoms with Crippen LogP contribution in [0.4, 0.5) is 0 Å². The van der Waals surface area contributed by atoms with E-state index < -0.39 is 0 Å². The number of aromatic nitrogens is 2. The number of Topliss-reactive ketones (excluding diaryl/α,β-unsaturated/α-hetero) is 1. The van der Waals surface area contributed by atoms with Crippen molar-refractivity contribution in [1.29, 1.82) is 0 Å². The third kappa shape index (κ3) is 3.59. The maximum atomic E-state index is 12.6. The Hall–Kier alpha value is -2.20. The number of hydrogen-bond donors (Lipinski definition) is 0. The molecule has 0 aliphatic carbocycles. The van der Waals surface area contributed by atoms with Crippen LogP contribution in [-0.4, -0.2) is 15.3 Å². The molecular formula is C19H20N2OS. The molecule has 4 heteroatoms. The summed E-state index contributed by atoms with van der Waals surface area (Å²) in [6.07, 6.45) is 3.26. The molecule has 0 aliphatic heterocycles. The largest absolute Gasteiger partial charge is 0.341 e. The first-order valence-electron chi connectivity index (χ1n) is 7.84. The summed E-state index contributed by atoms with van der Waals surface area (Å²) in [6.45, 7) is 4.88. The molecule has 3 rings (SSSR count). The average molecular weight is 324 g/mol. The molecule has 0 aliphatic rings. The van der Waals surface area contributed by atoms with Crippen molar-refractivity contribution in [3.63, 3.8) is 0 Å². The number of hydrogen-bond acceptors (Lipinski definition) is 3. The van der Waals surface area contributed by atoms with Crippen LogP contribution < -0.4 is 0 Å². The smallest absolute Gasteiger partial charge is 0.186 e. The van der Waals surface area contributed by atoms with Crippen LogP contribution in [0.2, 0.25) is 0 Å². The predicted molar refractivity (Wildman–Crippen MR) is 94.2 cm³/mol. The Morgan fingerprint density at radius 3 is 2.65 bits per heavy atom. The Balaban J connectivity index is 1.76. The zero-order chi connectivity index (χ0) is 16.2. The summed E-state index contributed by atoms with van der Waals surface area (Å²) in [5.41, 5.74) is 3.05. The lowest BCUT2D eigenvalue weighted by molar-refractivity contribution is 0.0984. The molecule has 0 amide bonds. The van der Waals surface area contributed by atoms with E-state index in [1.807, 2.05) is 41.1 Å². The van der Waals surface area contributed by atoms with Crippen LogP contribution in [0.25, 0.3) is 0 Å². The fraction of sp³-hybridized carbons (Fsp3) is 0.263. The molecule has 0 atom stereocenters. The molecule has 0 saturated carbocycles. The molecule has 0 radical (unpaired) electrons. The Bertz CT molecular complexity index is 802. The maximum absolute atomic E-state index is 12.6. The van der Waals surface area contributed by atoms with E-state index in [9.17, 15) is 4.79 Å². The van der Waals surface area contributed by atoms with Gasteiger partial charge in [-0.25, -0.2) is 4.98 Å². The van der Waals surface area contributed by atoms with Crippen LogP contribution in [0.15, 0.2) is 48.7 Å². The quantitative estimate of drug-likeness (QED) is 0.634. The summed E-state index contributed by atoms with van der Waals surface area (Å²) in [6, 6.07) is 14.0. The number of aryl methyl sites for hydroxylation is 2. The number of rotatable bonds is 6. The lowest BCUT2D eigenvalue weighted by atomic mass is 10.2. The summed E-state index contributed by atoms with van der Waals surface area (Å²) in [4.78, 5) is 18.4. The Kier molecular flexibility index (Phi) is 4.72. The second-order valence-electron chi connectivity index (χ2n) is 5.57. The van der Waals surface area contributed by atoms with Gasteiger partial charge < -0.3 is 4.57 Å². The van der Waals surface area contributed by atoms with Crippen molar-refractivity contribution in [2.24, 2.45) is 0 Å². The second-order valence-corrected chi connectivity index (χ2v) is 6.86. The molecule has 0 N–H and O–H groups in total. The van der Waals surface area contributed by atoms with Gasteiger partial charge in [0.15, 0.2) is 5.78 Å². The second kappa shape index (κ2) is 6.92. The molecule has 23 heavy (non-hydrogen) atoms. The van der Waals surface area contributed by atoms with Gasteiger partial charge in [-0.05, 0) is 31.0 Å². The molecule has 0 bridgehead atoms. The first-order chi connectivity index (χ1) is 11.2. The van der Waals surface area contributed by atoms with Crippen LogP contribution in [0.1, 0.15) is 38.6 Å². The van der Waals surface area contributed by atoms with Gasteiger partial charge in [0.2, 0.25) is 0 Å². The van der Waals surface area contributed by atoms with Crippen LogP contribution in [0.3, 0.4) is 0 Å². The fourth-order valence-corrected chi connectivity index (χ4v) is 3.72. The highest BCUT2D eigenvalue weighted by atomic mass is 32.1. The topological polar surface area (TPSA) is 34.9 Å². The minimum Gasteiger partial charge on any atom is -0.341 e. The van der Waals surface area contributed by atoms with Crippen LogP contribution in [0, 0.1) is 6.92 Å². The van der Waals surface area contributed by atoms with Gasteiger partial charge in [-0.1, -0.05) is 37.3 Å². The molecule has 2 heterocycles. The maximum Gasteiger partial charge on any atom is 0.186 e. The van der Waals surface area contributed by atoms with Gasteiger partial charge in [0.25, 0.3) is 0 Å². The van der Waals surface area contributed by atoms with Crippen molar-refractivity contribution in [2.75, 3.05) is 0 Å². The van der Waals surface area contributed by atoms with Crippen LogP contribution in [-0.2, 0) is 19.4 Å². The number of thiazole rings is 1. The van der Waals surface area contributed by atoms with E-state index in [-0.39, 0.29) is 5.78 Å². The summed E-state index contributed by atoms with van der Waals surface area (Å²) in [5.74, 6) is 0.127. The minimum absolute atomic E-state index is 0.127. The molecule has 2 aromatic heterocycles. The SMILES string of the molecule is CCc1nc(CC(=O)c2cccn2Cc2ccccc2)sc1C. The summed E-state index contributed by atoms with van der Waals surface area (Å²) >= 11 is 1.63. The van der Waals surface area contributed by atoms with E-state index in [4.69, 9.17) is 0 Å². The Morgan fingerprint density at radius 2 is 1.96 bits per heavy atom. The monoisotopic (exact) mass is 324 g/mol. The van der Waals surface area contributed by atoms with Crippen molar-refractivity contribution in [3.05, 3.63) is 75.5 Å². The molecule has 3 aromatic rings. The molecule has 0 saturated heterocycles. The third-order valence-electron chi connectivity index (χ3n) is 3.89. The van der Waals surface area contributed by atoms with Crippen LogP contribution in [0.5, 0.6) is 0 Å². The lowest BCUT2D eigenvalue weighted by Gasteiger charge is -2.08. The molecule has 0 fully saturated rings. The van der Waals surface area contributed by atoms with Gasteiger partial charge in [-0.15, -0.1) is 11.3 Å². The van der Waals surface area contributed by atoms with E-state index in [1.165, 1.54) is 10.4 Å². The molecule has 1 aromatic carbocycles. The standard InChI is InChI=1S/C19H20N2OS/c1-3-16-14(2)23-19(20-16)12-18(22)17-10-7-11-21(17)13-15-8-5-4-6-9-15/h4-11H,3,12-13H2,1-2H3. The van der Waals surface area contributed by atoms with Crippen LogP contribution >= 0.6 is 11.3 Å². The van der Waals surface area contributed by atoms with Gasteiger partial charge in [-0.2, -0.15) is 0 Å². The third-order valence-corrected chi connectivity index (χ3v) is 4.91. The zero-order valence-electron chi connectivity index (χ0n) is 13.5. The first kappa shape index (κ1) is 15.7.